The maximum atomic E-state index is 5.79. The predicted octanol–water partition coefficient (Wildman–Crippen LogP) is 2.75. The second kappa shape index (κ2) is 7.01. The summed E-state index contributed by atoms with van der Waals surface area (Å²) in [5.74, 6) is 1.30. The zero-order chi connectivity index (χ0) is 18.1. The van der Waals surface area contributed by atoms with E-state index in [0.717, 1.165) is 23.6 Å². The molecule has 0 bridgehead atoms. The summed E-state index contributed by atoms with van der Waals surface area (Å²) < 4.78 is 12.9. The van der Waals surface area contributed by atoms with E-state index < -0.39 is 0 Å². The summed E-state index contributed by atoms with van der Waals surface area (Å²) in [6, 6.07) is 10.3. The first-order chi connectivity index (χ1) is 12.6. The molecule has 0 saturated carbocycles. The smallest absolute Gasteiger partial charge is 0.223 e. The van der Waals surface area contributed by atoms with Crippen molar-refractivity contribution in [2.75, 3.05) is 19.8 Å². The Kier molecular flexibility index (Phi) is 4.57. The lowest BCUT2D eigenvalue weighted by atomic mass is 10.0. The minimum atomic E-state index is 0.125. The van der Waals surface area contributed by atoms with E-state index in [1.807, 2.05) is 29.8 Å². The van der Waals surface area contributed by atoms with Gasteiger partial charge in [0, 0.05) is 24.7 Å². The molecule has 0 N–H and O–H groups in total. The molecule has 1 atom stereocenters. The van der Waals surface area contributed by atoms with Crippen LogP contribution in [0.1, 0.15) is 34.7 Å². The fourth-order valence-electron chi connectivity index (χ4n) is 3.64. The van der Waals surface area contributed by atoms with Gasteiger partial charge in [0.2, 0.25) is 5.89 Å². The van der Waals surface area contributed by atoms with Gasteiger partial charge in [0.1, 0.15) is 0 Å². The summed E-state index contributed by atoms with van der Waals surface area (Å²) in [5, 5.41) is 8.83. The molecule has 2 aromatic heterocycles. The van der Waals surface area contributed by atoms with E-state index in [9.17, 15) is 0 Å². The van der Waals surface area contributed by atoms with Gasteiger partial charge in [0.05, 0.1) is 37.2 Å². The number of morpholine rings is 1. The van der Waals surface area contributed by atoms with Crippen molar-refractivity contribution in [2.45, 2.75) is 33.4 Å². The molecule has 26 heavy (non-hydrogen) atoms. The Morgan fingerprint density at radius 1 is 1.15 bits per heavy atom. The largest absolute Gasteiger partial charge is 0.378 e. The monoisotopic (exact) mass is 353 g/mol. The molecule has 1 aliphatic heterocycles. The normalized spacial score (nSPS) is 18.3. The SMILES string of the molecule is Cc1nc(CN2CCOCC2c2c(C)nn(-c3ccccc3)c2C)no1. The van der Waals surface area contributed by atoms with Gasteiger partial charge in [-0.25, -0.2) is 4.68 Å². The molecule has 4 rings (SSSR count). The van der Waals surface area contributed by atoms with Crippen molar-refractivity contribution in [1.29, 1.82) is 0 Å². The number of aromatic nitrogens is 4. The highest BCUT2D eigenvalue weighted by molar-refractivity contribution is 5.38. The van der Waals surface area contributed by atoms with Crippen LogP contribution in [0.5, 0.6) is 0 Å². The lowest BCUT2D eigenvalue weighted by molar-refractivity contribution is -0.0145. The molecule has 1 saturated heterocycles. The minimum absolute atomic E-state index is 0.125. The molecular formula is C19H23N5O2. The Balaban J connectivity index is 1.67. The summed E-state index contributed by atoms with van der Waals surface area (Å²) >= 11 is 0. The molecule has 1 unspecified atom stereocenters. The van der Waals surface area contributed by atoms with Crippen LogP contribution in [0.4, 0.5) is 0 Å². The molecule has 0 aliphatic carbocycles. The maximum absolute atomic E-state index is 5.79. The van der Waals surface area contributed by atoms with Gasteiger partial charge < -0.3 is 9.26 Å². The highest BCUT2D eigenvalue weighted by Gasteiger charge is 2.30. The molecular weight excluding hydrogens is 330 g/mol. The van der Waals surface area contributed by atoms with Crippen molar-refractivity contribution >= 4 is 0 Å². The van der Waals surface area contributed by atoms with Gasteiger partial charge in [0.15, 0.2) is 5.82 Å². The van der Waals surface area contributed by atoms with E-state index in [4.69, 9.17) is 14.4 Å². The van der Waals surface area contributed by atoms with E-state index in [0.29, 0.717) is 31.5 Å². The quantitative estimate of drug-likeness (QED) is 0.718. The van der Waals surface area contributed by atoms with Crippen molar-refractivity contribution < 1.29 is 9.26 Å². The zero-order valence-corrected chi connectivity index (χ0v) is 15.3. The third-order valence-electron chi connectivity index (χ3n) is 4.83. The van der Waals surface area contributed by atoms with Gasteiger partial charge in [-0.1, -0.05) is 23.4 Å². The van der Waals surface area contributed by atoms with E-state index in [1.54, 1.807) is 0 Å². The predicted molar refractivity (Wildman–Crippen MR) is 96.0 cm³/mol. The molecule has 7 heteroatoms. The molecule has 1 fully saturated rings. The number of ether oxygens (including phenoxy) is 1. The highest BCUT2D eigenvalue weighted by Crippen LogP contribution is 2.31. The van der Waals surface area contributed by atoms with Crippen LogP contribution in [0.2, 0.25) is 0 Å². The summed E-state index contributed by atoms with van der Waals surface area (Å²) in [4.78, 5) is 6.70. The molecule has 3 aromatic rings. The number of para-hydroxylation sites is 1. The van der Waals surface area contributed by atoms with Crippen molar-refractivity contribution in [3.05, 3.63) is 59.0 Å². The standard InChI is InChI=1S/C19H23N5O2/c1-13-19(14(2)24(21-13)16-7-5-4-6-8-16)17-12-25-10-9-23(17)11-18-20-15(3)26-22-18/h4-8,17H,9-12H2,1-3H3. The van der Waals surface area contributed by atoms with E-state index >= 15 is 0 Å². The van der Waals surface area contributed by atoms with Gasteiger partial charge in [-0.15, -0.1) is 0 Å². The third kappa shape index (κ3) is 3.15. The third-order valence-corrected chi connectivity index (χ3v) is 4.83. The van der Waals surface area contributed by atoms with Gasteiger partial charge in [-0.2, -0.15) is 10.1 Å². The molecule has 0 amide bonds. The minimum Gasteiger partial charge on any atom is -0.378 e. The number of benzene rings is 1. The fourth-order valence-corrected chi connectivity index (χ4v) is 3.64. The molecule has 1 aromatic carbocycles. The molecule has 136 valence electrons. The number of rotatable bonds is 4. The van der Waals surface area contributed by atoms with Crippen molar-refractivity contribution in [3.63, 3.8) is 0 Å². The first kappa shape index (κ1) is 16.9. The van der Waals surface area contributed by atoms with E-state index in [2.05, 4.69) is 41.0 Å². The summed E-state index contributed by atoms with van der Waals surface area (Å²) in [6.07, 6.45) is 0. The molecule has 1 aliphatic rings. The number of nitrogens with zero attached hydrogens (tertiary/aromatic N) is 5. The Morgan fingerprint density at radius 2 is 1.96 bits per heavy atom. The molecule has 0 spiro atoms. The topological polar surface area (TPSA) is 69.2 Å². The Bertz CT molecular complexity index is 887. The second-order valence-corrected chi connectivity index (χ2v) is 6.62. The first-order valence-corrected chi connectivity index (χ1v) is 8.86. The average Bonchev–Trinajstić information content (AvgIpc) is 3.19. The number of hydrogen-bond acceptors (Lipinski definition) is 6. The average molecular weight is 353 g/mol. The zero-order valence-electron chi connectivity index (χ0n) is 15.3. The lowest BCUT2D eigenvalue weighted by Gasteiger charge is -2.35. The van der Waals surface area contributed by atoms with Crippen LogP contribution >= 0.6 is 0 Å². The van der Waals surface area contributed by atoms with E-state index in [1.165, 1.54) is 5.56 Å². The maximum Gasteiger partial charge on any atom is 0.223 e. The van der Waals surface area contributed by atoms with Crippen molar-refractivity contribution in [3.8, 4) is 5.69 Å². The van der Waals surface area contributed by atoms with E-state index in [-0.39, 0.29) is 6.04 Å². The second-order valence-electron chi connectivity index (χ2n) is 6.62. The molecule has 3 heterocycles. The lowest BCUT2D eigenvalue weighted by Crippen LogP contribution is -2.39. The van der Waals surface area contributed by atoms with Gasteiger partial charge >= 0.3 is 0 Å². The van der Waals surface area contributed by atoms with Gasteiger partial charge in [0.25, 0.3) is 0 Å². The number of hydrogen-bond donors (Lipinski definition) is 0. The Hall–Kier alpha value is -2.51. The van der Waals surface area contributed by atoms with Crippen LogP contribution in [0.25, 0.3) is 5.69 Å². The van der Waals surface area contributed by atoms with Crippen LogP contribution < -0.4 is 0 Å². The van der Waals surface area contributed by atoms with Gasteiger partial charge in [-0.05, 0) is 26.0 Å². The van der Waals surface area contributed by atoms with Crippen LogP contribution in [0.15, 0.2) is 34.9 Å². The molecule has 0 radical (unpaired) electrons. The summed E-state index contributed by atoms with van der Waals surface area (Å²) in [7, 11) is 0. The molecule has 7 nitrogen and oxygen atoms in total. The van der Waals surface area contributed by atoms with Crippen LogP contribution in [0.3, 0.4) is 0 Å². The Labute approximate surface area is 152 Å². The fraction of sp³-hybridized carbons (Fsp3) is 0.421. The van der Waals surface area contributed by atoms with Crippen molar-refractivity contribution in [2.24, 2.45) is 0 Å². The van der Waals surface area contributed by atoms with Crippen LogP contribution in [-0.2, 0) is 11.3 Å². The van der Waals surface area contributed by atoms with Crippen molar-refractivity contribution in [1.82, 2.24) is 24.8 Å². The van der Waals surface area contributed by atoms with Gasteiger partial charge in [-0.3, -0.25) is 4.90 Å². The highest BCUT2D eigenvalue weighted by atomic mass is 16.5. The first-order valence-electron chi connectivity index (χ1n) is 8.86. The summed E-state index contributed by atoms with van der Waals surface area (Å²) in [5.41, 5.74) is 4.44. The summed E-state index contributed by atoms with van der Waals surface area (Å²) in [6.45, 7) is 8.80. The van der Waals surface area contributed by atoms with Crippen LogP contribution in [0, 0.1) is 20.8 Å². The Morgan fingerprint density at radius 3 is 2.69 bits per heavy atom. The van der Waals surface area contributed by atoms with Crippen LogP contribution in [-0.4, -0.2) is 44.6 Å². The number of aryl methyl sites for hydroxylation is 2.